The van der Waals surface area contributed by atoms with Crippen LogP contribution in [0.25, 0.3) is 0 Å². The highest BCUT2D eigenvalue weighted by Gasteiger charge is 2.23. The van der Waals surface area contributed by atoms with E-state index in [1.165, 1.54) is 11.3 Å². The maximum absolute atomic E-state index is 10.5. The third-order valence-electron chi connectivity index (χ3n) is 2.74. The summed E-state index contributed by atoms with van der Waals surface area (Å²) in [6.45, 7) is 3.52. The molecule has 0 radical (unpaired) electrons. The molecule has 2 atom stereocenters. The van der Waals surface area contributed by atoms with Crippen LogP contribution < -0.4 is 5.32 Å². The van der Waals surface area contributed by atoms with Crippen LogP contribution in [0.15, 0.2) is 12.1 Å². The summed E-state index contributed by atoms with van der Waals surface area (Å²) >= 11 is 1.22. The SMILES string of the molecule is CC1OCCC1NCc1ccc([N+](=O)[O-])s1. The molecule has 1 aliphatic rings. The minimum atomic E-state index is -0.352. The molecule has 1 fully saturated rings. The van der Waals surface area contributed by atoms with E-state index >= 15 is 0 Å². The molecule has 5 nitrogen and oxygen atoms in total. The fourth-order valence-corrected chi connectivity index (χ4v) is 2.56. The average molecular weight is 242 g/mol. The number of thiophene rings is 1. The van der Waals surface area contributed by atoms with Gasteiger partial charge in [0.05, 0.1) is 11.0 Å². The highest BCUT2D eigenvalue weighted by Crippen LogP contribution is 2.24. The molecule has 1 aliphatic heterocycles. The lowest BCUT2D eigenvalue weighted by Crippen LogP contribution is -2.33. The summed E-state index contributed by atoms with van der Waals surface area (Å²) in [6, 6.07) is 3.72. The number of nitrogens with zero attached hydrogens (tertiary/aromatic N) is 1. The molecule has 0 bridgehead atoms. The molecule has 88 valence electrons. The number of hydrogen-bond donors (Lipinski definition) is 1. The number of nitrogens with one attached hydrogen (secondary N) is 1. The summed E-state index contributed by atoms with van der Waals surface area (Å²) in [7, 11) is 0. The first-order valence-corrected chi connectivity index (χ1v) is 6.06. The van der Waals surface area contributed by atoms with Crippen LogP contribution in [0.4, 0.5) is 5.00 Å². The van der Waals surface area contributed by atoms with Gasteiger partial charge in [0, 0.05) is 30.1 Å². The van der Waals surface area contributed by atoms with Crippen molar-refractivity contribution in [1.29, 1.82) is 0 Å². The lowest BCUT2D eigenvalue weighted by Gasteiger charge is -2.14. The minimum Gasteiger partial charge on any atom is -0.377 e. The van der Waals surface area contributed by atoms with E-state index in [9.17, 15) is 10.1 Å². The van der Waals surface area contributed by atoms with Crippen LogP contribution in [0.1, 0.15) is 18.2 Å². The van der Waals surface area contributed by atoms with Crippen LogP contribution in [0.2, 0.25) is 0 Å². The van der Waals surface area contributed by atoms with Gasteiger partial charge in [0.25, 0.3) is 0 Å². The van der Waals surface area contributed by atoms with Crippen molar-refractivity contribution < 1.29 is 9.66 Å². The predicted molar refractivity (Wildman–Crippen MR) is 61.6 cm³/mol. The first-order chi connectivity index (χ1) is 7.66. The maximum atomic E-state index is 10.5. The Morgan fingerprint density at radius 1 is 1.69 bits per heavy atom. The van der Waals surface area contributed by atoms with Crippen molar-refractivity contribution in [2.45, 2.75) is 32.0 Å². The smallest absolute Gasteiger partial charge is 0.324 e. The molecular formula is C10H14N2O3S. The van der Waals surface area contributed by atoms with Crippen molar-refractivity contribution in [3.63, 3.8) is 0 Å². The Bertz CT molecular complexity index is 380. The molecular weight excluding hydrogens is 228 g/mol. The van der Waals surface area contributed by atoms with E-state index in [4.69, 9.17) is 4.74 Å². The van der Waals surface area contributed by atoms with Crippen LogP contribution in [0, 0.1) is 10.1 Å². The van der Waals surface area contributed by atoms with Gasteiger partial charge in [-0.15, -0.1) is 0 Å². The van der Waals surface area contributed by atoms with Gasteiger partial charge in [0.15, 0.2) is 0 Å². The van der Waals surface area contributed by atoms with Crippen molar-refractivity contribution in [3.05, 3.63) is 27.1 Å². The Labute approximate surface area is 97.6 Å². The molecule has 1 aromatic rings. The van der Waals surface area contributed by atoms with Crippen LogP contribution in [-0.2, 0) is 11.3 Å². The second kappa shape index (κ2) is 4.90. The second-order valence-electron chi connectivity index (χ2n) is 3.85. The molecule has 2 unspecified atom stereocenters. The van der Waals surface area contributed by atoms with Crippen LogP contribution in [0.3, 0.4) is 0 Å². The molecule has 0 aliphatic carbocycles. The molecule has 16 heavy (non-hydrogen) atoms. The van der Waals surface area contributed by atoms with E-state index in [1.54, 1.807) is 12.1 Å². The summed E-state index contributed by atoms with van der Waals surface area (Å²) in [5.41, 5.74) is 0. The summed E-state index contributed by atoms with van der Waals surface area (Å²) in [5, 5.41) is 14.1. The van der Waals surface area contributed by atoms with E-state index in [-0.39, 0.29) is 16.0 Å². The monoisotopic (exact) mass is 242 g/mol. The second-order valence-corrected chi connectivity index (χ2v) is 5.00. The van der Waals surface area contributed by atoms with Gasteiger partial charge in [-0.05, 0) is 19.4 Å². The Morgan fingerprint density at radius 2 is 2.50 bits per heavy atom. The van der Waals surface area contributed by atoms with Gasteiger partial charge in [0.2, 0.25) is 0 Å². The fraction of sp³-hybridized carbons (Fsp3) is 0.600. The third kappa shape index (κ3) is 2.58. The zero-order valence-corrected chi connectivity index (χ0v) is 9.83. The van der Waals surface area contributed by atoms with E-state index in [0.29, 0.717) is 12.6 Å². The van der Waals surface area contributed by atoms with Crippen LogP contribution >= 0.6 is 11.3 Å². The summed E-state index contributed by atoms with van der Waals surface area (Å²) in [6.07, 6.45) is 1.24. The molecule has 2 rings (SSSR count). The molecule has 1 aromatic heterocycles. The topological polar surface area (TPSA) is 64.4 Å². The number of rotatable bonds is 4. The van der Waals surface area contributed by atoms with Crippen molar-refractivity contribution in [2.75, 3.05) is 6.61 Å². The van der Waals surface area contributed by atoms with Gasteiger partial charge >= 0.3 is 5.00 Å². The average Bonchev–Trinajstić information content (AvgIpc) is 2.83. The molecule has 0 amide bonds. The summed E-state index contributed by atoms with van der Waals surface area (Å²) in [5.74, 6) is 0. The first kappa shape index (κ1) is 11.5. The Hall–Kier alpha value is -0.980. The van der Waals surface area contributed by atoms with Crippen molar-refractivity contribution in [1.82, 2.24) is 5.32 Å². The van der Waals surface area contributed by atoms with Crippen molar-refractivity contribution in [3.8, 4) is 0 Å². The lowest BCUT2D eigenvalue weighted by atomic mass is 10.1. The molecule has 6 heteroatoms. The summed E-state index contributed by atoms with van der Waals surface area (Å²) < 4.78 is 5.43. The normalized spacial score (nSPS) is 24.8. The van der Waals surface area contributed by atoms with Gasteiger partial charge in [-0.25, -0.2) is 0 Å². The maximum Gasteiger partial charge on any atom is 0.324 e. The van der Waals surface area contributed by atoms with Crippen LogP contribution in [-0.4, -0.2) is 23.7 Å². The molecule has 1 N–H and O–H groups in total. The molecule has 2 heterocycles. The zero-order chi connectivity index (χ0) is 11.5. The Morgan fingerprint density at radius 3 is 3.06 bits per heavy atom. The minimum absolute atomic E-state index is 0.201. The first-order valence-electron chi connectivity index (χ1n) is 5.25. The van der Waals surface area contributed by atoms with Crippen LogP contribution in [0.5, 0.6) is 0 Å². The lowest BCUT2D eigenvalue weighted by molar-refractivity contribution is -0.380. The van der Waals surface area contributed by atoms with E-state index in [0.717, 1.165) is 17.9 Å². The Balaban J connectivity index is 1.87. The highest BCUT2D eigenvalue weighted by atomic mass is 32.1. The van der Waals surface area contributed by atoms with Crippen molar-refractivity contribution >= 4 is 16.3 Å². The van der Waals surface area contributed by atoms with Gasteiger partial charge < -0.3 is 10.1 Å². The third-order valence-corrected chi connectivity index (χ3v) is 3.78. The van der Waals surface area contributed by atoms with Gasteiger partial charge in [-0.2, -0.15) is 0 Å². The summed E-state index contributed by atoms with van der Waals surface area (Å²) in [4.78, 5) is 11.1. The van der Waals surface area contributed by atoms with E-state index in [1.807, 2.05) is 6.92 Å². The van der Waals surface area contributed by atoms with Gasteiger partial charge in [-0.1, -0.05) is 11.3 Å². The number of hydrogen-bond acceptors (Lipinski definition) is 5. The van der Waals surface area contributed by atoms with Crippen molar-refractivity contribution in [2.24, 2.45) is 0 Å². The van der Waals surface area contributed by atoms with Gasteiger partial charge in [0.1, 0.15) is 0 Å². The number of ether oxygens (including phenoxy) is 1. The largest absolute Gasteiger partial charge is 0.377 e. The standard InChI is InChI=1S/C10H14N2O3S/c1-7-9(4-5-15-7)11-6-8-2-3-10(16-8)12(13)14/h2-3,7,9,11H,4-6H2,1H3. The van der Waals surface area contributed by atoms with Gasteiger partial charge in [-0.3, -0.25) is 10.1 Å². The predicted octanol–water partition coefficient (Wildman–Crippen LogP) is 1.92. The molecule has 0 saturated carbocycles. The van der Waals surface area contributed by atoms with E-state index in [2.05, 4.69) is 5.32 Å². The molecule has 1 saturated heterocycles. The van der Waals surface area contributed by atoms with E-state index < -0.39 is 0 Å². The quantitative estimate of drug-likeness (QED) is 0.647. The number of nitro groups is 1. The molecule has 0 aromatic carbocycles. The zero-order valence-electron chi connectivity index (χ0n) is 9.01. The Kier molecular flexibility index (Phi) is 3.52. The fourth-order valence-electron chi connectivity index (χ4n) is 1.79. The molecule has 0 spiro atoms. The highest BCUT2D eigenvalue weighted by molar-refractivity contribution is 7.15.